The van der Waals surface area contributed by atoms with Crippen molar-refractivity contribution >= 4 is 0 Å². The molecular formula is C13H20N2. The number of nitrogens with one attached hydrogen (secondary N) is 1. The van der Waals surface area contributed by atoms with Gasteiger partial charge in [-0.2, -0.15) is 0 Å². The Kier molecular flexibility index (Phi) is 4.45. The van der Waals surface area contributed by atoms with Gasteiger partial charge in [0.15, 0.2) is 0 Å². The van der Waals surface area contributed by atoms with E-state index in [2.05, 4.69) is 42.8 Å². The van der Waals surface area contributed by atoms with E-state index in [1.807, 2.05) is 0 Å². The normalized spacial score (nSPS) is 10.3. The molecule has 2 nitrogen and oxygen atoms in total. The third-order valence-electron chi connectivity index (χ3n) is 2.87. The van der Waals surface area contributed by atoms with Crippen LogP contribution in [0.1, 0.15) is 29.8 Å². The Balaban J connectivity index is 2.38. The van der Waals surface area contributed by atoms with Crippen LogP contribution in [-0.4, -0.2) is 11.1 Å². The lowest BCUT2D eigenvalue weighted by Gasteiger charge is -2.04. The predicted octanol–water partition coefficient (Wildman–Crippen LogP) is 2.14. The van der Waals surface area contributed by atoms with E-state index in [9.17, 15) is 0 Å². The van der Waals surface area contributed by atoms with E-state index in [4.69, 9.17) is 6.42 Å². The van der Waals surface area contributed by atoms with Crippen molar-refractivity contribution in [1.82, 2.24) is 9.88 Å². The summed E-state index contributed by atoms with van der Waals surface area (Å²) in [7, 11) is 2.10. The Morgan fingerprint density at radius 1 is 1.47 bits per heavy atom. The van der Waals surface area contributed by atoms with Gasteiger partial charge in [-0.25, -0.2) is 0 Å². The molecule has 0 saturated heterocycles. The Bertz CT molecular complexity index is 355. The lowest BCUT2D eigenvalue weighted by Crippen LogP contribution is -2.14. The van der Waals surface area contributed by atoms with Crippen LogP contribution >= 0.6 is 0 Å². The molecule has 1 N–H and O–H groups in total. The number of hydrogen-bond acceptors (Lipinski definition) is 1. The predicted molar refractivity (Wildman–Crippen MR) is 64.7 cm³/mol. The van der Waals surface area contributed by atoms with Gasteiger partial charge in [-0.05, 0) is 38.4 Å². The lowest BCUT2D eigenvalue weighted by atomic mass is 10.2. The highest BCUT2D eigenvalue weighted by molar-refractivity contribution is 5.26. The summed E-state index contributed by atoms with van der Waals surface area (Å²) in [4.78, 5) is 0. The molecule has 1 heterocycles. The van der Waals surface area contributed by atoms with Crippen molar-refractivity contribution in [1.29, 1.82) is 0 Å². The van der Waals surface area contributed by atoms with Gasteiger partial charge in [0.1, 0.15) is 0 Å². The second kappa shape index (κ2) is 5.63. The highest BCUT2D eigenvalue weighted by Crippen LogP contribution is 2.12. The molecule has 0 radical (unpaired) electrons. The van der Waals surface area contributed by atoms with Gasteiger partial charge in [-0.3, -0.25) is 0 Å². The maximum absolute atomic E-state index is 5.19. The zero-order chi connectivity index (χ0) is 11.3. The molecule has 1 aromatic heterocycles. The Labute approximate surface area is 92.7 Å². The minimum Gasteiger partial charge on any atom is -0.352 e. The van der Waals surface area contributed by atoms with Crippen molar-refractivity contribution in [3.05, 3.63) is 23.0 Å². The Hall–Kier alpha value is -1.20. The van der Waals surface area contributed by atoms with Gasteiger partial charge < -0.3 is 9.88 Å². The molecule has 0 aliphatic carbocycles. The summed E-state index contributed by atoms with van der Waals surface area (Å²) < 4.78 is 2.22. The largest absolute Gasteiger partial charge is 0.352 e. The number of rotatable bonds is 5. The van der Waals surface area contributed by atoms with Crippen molar-refractivity contribution in [2.24, 2.45) is 7.05 Å². The van der Waals surface area contributed by atoms with Gasteiger partial charge in [0.2, 0.25) is 0 Å². The fraction of sp³-hybridized carbons (Fsp3) is 0.538. The fourth-order valence-electron chi connectivity index (χ4n) is 1.65. The van der Waals surface area contributed by atoms with Crippen LogP contribution in [-0.2, 0) is 13.6 Å². The average molecular weight is 204 g/mol. The van der Waals surface area contributed by atoms with Gasteiger partial charge in [0, 0.05) is 31.4 Å². The number of nitrogens with zero attached hydrogens (tertiary/aromatic N) is 1. The molecule has 15 heavy (non-hydrogen) atoms. The van der Waals surface area contributed by atoms with Crippen LogP contribution in [0.2, 0.25) is 0 Å². The molecule has 2 heteroatoms. The van der Waals surface area contributed by atoms with Crippen molar-refractivity contribution in [3.63, 3.8) is 0 Å². The first-order valence-electron chi connectivity index (χ1n) is 5.42. The Morgan fingerprint density at radius 3 is 2.73 bits per heavy atom. The van der Waals surface area contributed by atoms with Crippen LogP contribution < -0.4 is 5.32 Å². The smallest absolute Gasteiger partial charge is 0.0223 e. The molecule has 0 aliphatic heterocycles. The summed E-state index contributed by atoms with van der Waals surface area (Å²) in [5.74, 6) is 2.65. The molecule has 0 fully saturated rings. The fourth-order valence-corrected chi connectivity index (χ4v) is 1.65. The average Bonchev–Trinajstić information content (AvgIpc) is 2.46. The second-order valence-electron chi connectivity index (χ2n) is 3.94. The molecule has 82 valence electrons. The first-order valence-corrected chi connectivity index (χ1v) is 5.42. The van der Waals surface area contributed by atoms with Crippen LogP contribution in [0.5, 0.6) is 0 Å². The van der Waals surface area contributed by atoms with Crippen molar-refractivity contribution in [2.45, 2.75) is 33.2 Å². The quantitative estimate of drug-likeness (QED) is 0.574. The first kappa shape index (κ1) is 11.9. The van der Waals surface area contributed by atoms with E-state index in [0.29, 0.717) is 0 Å². The highest BCUT2D eigenvalue weighted by atomic mass is 15.0. The van der Waals surface area contributed by atoms with Crippen LogP contribution in [0.15, 0.2) is 6.07 Å². The van der Waals surface area contributed by atoms with Crippen molar-refractivity contribution < 1.29 is 0 Å². The van der Waals surface area contributed by atoms with Gasteiger partial charge in [-0.15, -0.1) is 12.3 Å². The summed E-state index contributed by atoms with van der Waals surface area (Å²) >= 11 is 0. The molecule has 0 amide bonds. The summed E-state index contributed by atoms with van der Waals surface area (Å²) in [5.41, 5.74) is 4.04. The van der Waals surface area contributed by atoms with E-state index in [1.165, 1.54) is 17.0 Å². The van der Waals surface area contributed by atoms with Crippen LogP contribution in [0, 0.1) is 26.2 Å². The van der Waals surface area contributed by atoms with Gasteiger partial charge in [-0.1, -0.05) is 0 Å². The van der Waals surface area contributed by atoms with Crippen LogP contribution in [0.3, 0.4) is 0 Å². The molecular weight excluding hydrogens is 184 g/mol. The van der Waals surface area contributed by atoms with E-state index < -0.39 is 0 Å². The molecule has 0 unspecified atom stereocenters. The van der Waals surface area contributed by atoms with E-state index in [0.717, 1.165) is 25.9 Å². The minimum absolute atomic E-state index is 0.861. The summed E-state index contributed by atoms with van der Waals surface area (Å²) in [6.07, 6.45) is 7.11. The summed E-state index contributed by atoms with van der Waals surface area (Å²) in [5, 5.41) is 3.41. The molecule has 0 atom stereocenters. The van der Waals surface area contributed by atoms with E-state index >= 15 is 0 Å². The van der Waals surface area contributed by atoms with Gasteiger partial charge in [0.05, 0.1) is 0 Å². The van der Waals surface area contributed by atoms with E-state index in [-0.39, 0.29) is 0 Å². The molecule has 0 saturated carbocycles. The molecule has 0 spiro atoms. The van der Waals surface area contributed by atoms with E-state index in [1.54, 1.807) is 0 Å². The van der Waals surface area contributed by atoms with Crippen molar-refractivity contribution in [3.8, 4) is 12.3 Å². The molecule has 1 rings (SSSR count). The zero-order valence-corrected chi connectivity index (χ0v) is 9.93. The second-order valence-corrected chi connectivity index (χ2v) is 3.94. The number of hydrogen-bond donors (Lipinski definition) is 1. The number of terminal acetylenes is 1. The van der Waals surface area contributed by atoms with Crippen LogP contribution in [0.25, 0.3) is 0 Å². The SMILES string of the molecule is C#CCCCNCc1cc(C)n(C)c1C. The van der Waals surface area contributed by atoms with Crippen molar-refractivity contribution in [2.75, 3.05) is 6.54 Å². The summed E-state index contributed by atoms with van der Waals surface area (Å²) in [6.45, 7) is 6.23. The molecule has 0 aliphatic rings. The summed E-state index contributed by atoms with van der Waals surface area (Å²) in [6, 6.07) is 2.24. The molecule has 0 bridgehead atoms. The maximum atomic E-state index is 5.19. The first-order chi connectivity index (χ1) is 7.16. The number of aromatic nitrogens is 1. The molecule has 0 aromatic carbocycles. The highest BCUT2D eigenvalue weighted by Gasteiger charge is 2.04. The molecule has 1 aromatic rings. The minimum atomic E-state index is 0.861. The number of unbranched alkanes of at least 4 members (excludes halogenated alkanes) is 1. The monoisotopic (exact) mass is 204 g/mol. The Morgan fingerprint density at radius 2 is 2.20 bits per heavy atom. The zero-order valence-electron chi connectivity index (χ0n) is 9.93. The lowest BCUT2D eigenvalue weighted by molar-refractivity contribution is 0.655. The third-order valence-corrected chi connectivity index (χ3v) is 2.87. The topological polar surface area (TPSA) is 17.0 Å². The third kappa shape index (κ3) is 3.14. The standard InChI is InChI=1S/C13H20N2/c1-5-6-7-8-14-10-13-9-11(2)15(4)12(13)3/h1,9,14H,6-8,10H2,2-4H3. The maximum Gasteiger partial charge on any atom is 0.0223 e. The van der Waals surface area contributed by atoms with Crippen LogP contribution in [0.4, 0.5) is 0 Å². The van der Waals surface area contributed by atoms with Gasteiger partial charge >= 0.3 is 0 Å². The number of aryl methyl sites for hydroxylation is 1. The van der Waals surface area contributed by atoms with Gasteiger partial charge in [0.25, 0.3) is 0 Å².